The van der Waals surface area contributed by atoms with Gasteiger partial charge in [0.05, 0.1) is 32.5 Å². The van der Waals surface area contributed by atoms with Gasteiger partial charge in [-0.15, -0.1) is 0 Å². The minimum absolute atomic E-state index is 0.313. The number of benzene rings is 5. The Morgan fingerprint density at radius 2 is 1.18 bits per heavy atom. The zero-order valence-electron chi connectivity index (χ0n) is 28.9. The van der Waals surface area contributed by atoms with Gasteiger partial charge in [-0.3, -0.25) is 0 Å². The lowest BCUT2D eigenvalue weighted by atomic mass is 9.86. The van der Waals surface area contributed by atoms with Crippen molar-refractivity contribution in [2.75, 3.05) is 13.7 Å². The summed E-state index contributed by atoms with van der Waals surface area (Å²) in [5, 5.41) is 0.637. The third-order valence-electron chi connectivity index (χ3n) is 9.07. The Morgan fingerprint density at radius 3 is 1.76 bits per heavy atom. The first-order valence-electron chi connectivity index (χ1n) is 17.2. The third-order valence-corrected chi connectivity index (χ3v) is 9.44. The van der Waals surface area contributed by atoms with E-state index >= 15 is 0 Å². The number of halogens is 1. The van der Waals surface area contributed by atoms with Crippen molar-refractivity contribution in [1.82, 2.24) is 0 Å². The number of methoxy groups -OCH3 is 1. The maximum absolute atomic E-state index is 6.98. The molecule has 5 aromatic carbocycles. The lowest BCUT2D eigenvalue weighted by Gasteiger charge is -2.51. The molecule has 1 aliphatic rings. The monoisotopic (exact) mass is 692 g/mol. The molecule has 5 atom stereocenters. The molecular formula is C43H45ClO6. The fraction of sp³-hybridized carbons (Fsp3) is 0.302. The molecule has 0 spiro atoms. The van der Waals surface area contributed by atoms with Crippen LogP contribution < -0.4 is 4.74 Å². The van der Waals surface area contributed by atoms with E-state index in [2.05, 4.69) is 36.4 Å². The smallest absolute Gasteiger partial charge is 0.224 e. The lowest BCUT2D eigenvalue weighted by molar-refractivity contribution is -0.379. The Labute approximate surface area is 300 Å². The van der Waals surface area contributed by atoms with Gasteiger partial charge in [0.1, 0.15) is 24.1 Å². The van der Waals surface area contributed by atoms with Crippen molar-refractivity contribution in [3.05, 3.63) is 172 Å². The van der Waals surface area contributed by atoms with Crippen LogP contribution in [-0.2, 0) is 55.7 Å². The first-order valence-corrected chi connectivity index (χ1v) is 17.6. The highest BCUT2D eigenvalue weighted by Crippen LogP contribution is 2.44. The van der Waals surface area contributed by atoms with Crippen LogP contribution >= 0.6 is 11.6 Å². The van der Waals surface area contributed by atoms with Gasteiger partial charge in [0.2, 0.25) is 5.79 Å². The van der Waals surface area contributed by atoms with E-state index in [1.165, 1.54) is 0 Å². The molecule has 1 heterocycles. The molecule has 0 unspecified atom stereocenters. The topological polar surface area (TPSA) is 55.4 Å². The van der Waals surface area contributed by atoms with Gasteiger partial charge in [-0.2, -0.15) is 0 Å². The Kier molecular flexibility index (Phi) is 12.4. The van der Waals surface area contributed by atoms with Gasteiger partial charge in [-0.1, -0.05) is 127 Å². The summed E-state index contributed by atoms with van der Waals surface area (Å²) >= 11 is 6.88. The summed E-state index contributed by atoms with van der Waals surface area (Å²) in [6.45, 7) is 5.62. The molecule has 0 N–H and O–H groups in total. The first kappa shape index (κ1) is 35.8. The number of ether oxygens (including phenoxy) is 6. The second kappa shape index (κ2) is 17.3. The van der Waals surface area contributed by atoms with Gasteiger partial charge >= 0.3 is 0 Å². The van der Waals surface area contributed by atoms with E-state index in [1.807, 2.05) is 111 Å². The van der Waals surface area contributed by atoms with Crippen LogP contribution in [0.5, 0.6) is 5.75 Å². The summed E-state index contributed by atoms with van der Waals surface area (Å²) in [5.41, 5.74) is 5.83. The van der Waals surface area contributed by atoms with Gasteiger partial charge in [0.25, 0.3) is 0 Å². The molecule has 0 aromatic heterocycles. The van der Waals surface area contributed by atoms with Crippen molar-refractivity contribution in [1.29, 1.82) is 0 Å². The minimum Gasteiger partial charge on any atom is -0.494 e. The number of para-hydroxylation sites is 1. The molecule has 1 aliphatic heterocycles. The third kappa shape index (κ3) is 8.47. The minimum atomic E-state index is -1.36. The van der Waals surface area contributed by atoms with Crippen LogP contribution in [0.3, 0.4) is 0 Å². The molecule has 260 valence electrons. The van der Waals surface area contributed by atoms with Gasteiger partial charge in [-0.05, 0) is 59.9 Å². The average Bonchev–Trinajstić information content (AvgIpc) is 3.15. The molecule has 6 nitrogen and oxygen atoms in total. The number of hydrogen-bond donors (Lipinski definition) is 0. The van der Waals surface area contributed by atoms with Crippen LogP contribution in [0.25, 0.3) is 0 Å². The molecule has 0 bridgehead atoms. The average molecular weight is 693 g/mol. The summed E-state index contributed by atoms with van der Waals surface area (Å²) in [5.74, 6) is -0.529. The largest absolute Gasteiger partial charge is 0.494 e. The summed E-state index contributed by atoms with van der Waals surface area (Å²) in [7, 11) is 1.66. The maximum Gasteiger partial charge on any atom is 0.224 e. The van der Waals surface area contributed by atoms with E-state index in [9.17, 15) is 0 Å². The van der Waals surface area contributed by atoms with Crippen LogP contribution in [0.15, 0.2) is 133 Å². The fourth-order valence-electron chi connectivity index (χ4n) is 6.57. The van der Waals surface area contributed by atoms with Crippen molar-refractivity contribution in [3.8, 4) is 5.75 Å². The molecule has 5 aromatic rings. The van der Waals surface area contributed by atoms with Crippen LogP contribution in [0.2, 0.25) is 5.02 Å². The molecule has 7 heteroatoms. The maximum atomic E-state index is 6.98. The predicted molar refractivity (Wildman–Crippen MR) is 196 cm³/mol. The quantitative estimate of drug-likeness (QED) is 0.109. The molecule has 0 amide bonds. The van der Waals surface area contributed by atoms with Crippen LogP contribution in [0.4, 0.5) is 0 Å². The zero-order chi connectivity index (χ0) is 34.8. The zero-order valence-corrected chi connectivity index (χ0v) is 29.6. The second-order valence-corrected chi connectivity index (χ2v) is 12.9. The molecule has 0 aliphatic carbocycles. The molecule has 6 rings (SSSR count). The highest BCUT2D eigenvalue weighted by Gasteiger charge is 2.57. The molecule has 0 saturated carbocycles. The van der Waals surface area contributed by atoms with Crippen molar-refractivity contribution in [3.63, 3.8) is 0 Å². The van der Waals surface area contributed by atoms with E-state index in [0.717, 1.165) is 39.1 Å². The Bertz CT molecular complexity index is 1770. The second-order valence-electron chi connectivity index (χ2n) is 12.5. The van der Waals surface area contributed by atoms with Crippen LogP contribution in [0, 0.1) is 0 Å². The van der Waals surface area contributed by atoms with Crippen molar-refractivity contribution >= 4 is 11.6 Å². The normalized spacial score (nSPS) is 21.9. The summed E-state index contributed by atoms with van der Waals surface area (Å²) in [6.07, 6.45) is -1.67. The van der Waals surface area contributed by atoms with E-state index in [4.69, 9.17) is 40.0 Å². The highest BCUT2D eigenvalue weighted by molar-refractivity contribution is 6.31. The number of hydrogen-bond acceptors (Lipinski definition) is 6. The lowest BCUT2D eigenvalue weighted by Crippen LogP contribution is -2.64. The summed E-state index contributed by atoms with van der Waals surface area (Å²) in [4.78, 5) is 0. The van der Waals surface area contributed by atoms with E-state index in [-0.39, 0.29) is 0 Å². The molecule has 0 radical (unpaired) electrons. The van der Waals surface area contributed by atoms with Crippen molar-refractivity contribution in [2.45, 2.75) is 70.3 Å². The van der Waals surface area contributed by atoms with E-state index < -0.39 is 30.2 Å². The Hall–Kier alpha value is -4.01. The standard InChI is InChI=1S/C43H45ClO6/c1-4-46-39-23-15-14-22-35(39)26-36-27-37(24-25-38(36)44)43(45-3)42(49-30-34-20-12-7-13-21-34)41(48-29-33-18-10-6-11-19-33)40(31(2)50-43)47-28-32-16-8-5-9-17-32/h5-25,27,31,40-42H,4,26,28-30H2,1-3H3/t31-,40-,41+,42-,43+/m1/s1. The summed E-state index contributed by atoms with van der Waals surface area (Å²) < 4.78 is 39.8. The molecular weight excluding hydrogens is 648 g/mol. The predicted octanol–water partition coefficient (Wildman–Crippen LogP) is 9.30. The number of rotatable bonds is 15. The highest BCUT2D eigenvalue weighted by atomic mass is 35.5. The van der Waals surface area contributed by atoms with Gasteiger partial charge < -0.3 is 28.4 Å². The van der Waals surface area contributed by atoms with Gasteiger partial charge in [0.15, 0.2) is 0 Å². The fourth-order valence-corrected chi connectivity index (χ4v) is 6.75. The van der Waals surface area contributed by atoms with E-state index in [1.54, 1.807) is 7.11 Å². The molecule has 1 fully saturated rings. The molecule has 50 heavy (non-hydrogen) atoms. The van der Waals surface area contributed by atoms with Crippen LogP contribution in [0.1, 0.15) is 47.2 Å². The van der Waals surface area contributed by atoms with Gasteiger partial charge in [0, 0.05) is 24.1 Å². The van der Waals surface area contributed by atoms with E-state index in [0.29, 0.717) is 37.9 Å². The van der Waals surface area contributed by atoms with Crippen molar-refractivity contribution < 1.29 is 28.4 Å². The molecule has 1 saturated heterocycles. The van der Waals surface area contributed by atoms with Crippen LogP contribution in [-0.4, -0.2) is 38.1 Å². The summed E-state index contributed by atoms with van der Waals surface area (Å²) in [6, 6.07) is 44.3. The first-order chi connectivity index (χ1) is 24.5. The Morgan fingerprint density at radius 1 is 0.640 bits per heavy atom. The van der Waals surface area contributed by atoms with Crippen molar-refractivity contribution in [2.24, 2.45) is 0 Å². The SMILES string of the molecule is CCOc1ccccc1Cc1cc([C@]2(OC)O[C@H](C)[C@@H](OCc3ccccc3)[C@H](OCc3ccccc3)[C@H]2OCc2ccccc2)ccc1Cl. The Balaban J connectivity index is 1.41. The van der Waals surface area contributed by atoms with Gasteiger partial charge in [-0.25, -0.2) is 0 Å².